The number of carbonyl (C=O) groups is 2. The molecule has 1 saturated heterocycles. The molecule has 0 aromatic heterocycles. The van der Waals surface area contributed by atoms with Crippen molar-refractivity contribution in [3.63, 3.8) is 0 Å². The maximum absolute atomic E-state index is 12.4. The number of likely N-dealkylation sites (tertiary alicyclic amines) is 1. The first-order valence-electron chi connectivity index (χ1n) is 8.77. The Balaban J connectivity index is 1.87. The van der Waals surface area contributed by atoms with Gasteiger partial charge in [-0.2, -0.15) is 0 Å². The lowest BCUT2D eigenvalue weighted by Gasteiger charge is -2.31. The SMILES string of the molecule is CC(C)C(CNC(=O)N1CCCC(C(=O)O)C1)Cc1ccccc1. The zero-order valence-corrected chi connectivity index (χ0v) is 14.6. The van der Waals surface area contributed by atoms with Gasteiger partial charge in [0.25, 0.3) is 0 Å². The van der Waals surface area contributed by atoms with Crippen LogP contribution in [0.5, 0.6) is 0 Å². The summed E-state index contributed by atoms with van der Waals surface area (Å²) in [4.78, 5) is 25.1. The van der Waals surface area contributed by atoms with Gasteiger partial charge < -0.3 is 15.3 Å². The van der Waals surface area contributed by atoms with Gasteiger partial charge in [-0.1, -0.05) is 44.2 Å². The first kappa shape index (κ1) is 18.3. The zero-order valence-electron chi connectivity index (χ0n) is 14.6. The van der Waals surface area contributed by atoms with E-state index in [-0.39, 0.29) is 6.03 Å². The van der Waals surface area contributed by atoms with E-state index >= 15 is 0 Å². The van der Waals surface area contributed by atoms with Crippen LogP contribution in [0, 0.1) is 17.8 Å². The summed E-state index contributed by atoms with van der Waals surface area (Å²) >= 11 is 0. The third-order valence-corrected chi connectivity index (χ3v) is 4.86. The van der Waals surface area contributed by atoms with Gasteiger partial charge in [-0.05, 0) is 36.7 Å². The van der Waals surface area contributed by atoms with Gasteiger partial charge in [0.2, 0.25) is 0 Å². The minimum absolute atomic E-state index is 0.139. The van der Waals surface area contributed by atoms with Crippen molar-refractivity contribution in [1.82, 2.24) is 10.2 Å². The van der Waals surface area contributed by atoms with Crippen LogP contribution in [0.3, 0.4) is 0 Å². The molecule has 0 bridgehead atoms. The van der Waals surface area contributed by atoms with Crippen molar-refractivity contribution < 1.29 is 14.7 Å². The number of carboxylic acids is 1. The molecule has 2 atom stereocenters. The van der Waals surface area contributed by atoms with E-state index in [2.05, 4.69) is 31.3 Å². The Morgan fingerprint density at radius 3 is 2.62 bits per heavy atom. The molecule has 1 fully saturated rings. The number of hydrogen-bond acceptors (Lipinski definition) is 2. The van der Waals surface area contributed by atoms with E-state index in [1.54, 1.807) is 4.90 Å². The number of nitrogens with one attached hydrogen (secondary N) is 1. The molecule has 0 radical (unpaired) electrons. The van der Waals surface area contributed by atoms with E-state index in [1.165, 1.54) is 5.56 Å². The van der Waals surface area contributed by atoms with Crippen LogP contribution in [0.4, 0.5) is 4.79 Å². The molecule has 1 aromatic rings. The Labute approximate surface area is 144 Å². The Hall–Kier alpha value is -2.04. The van der Waals surface area contributed by atoms with Gasteiger partial charge >= 0.3 is 12.0 Å². The summed E-state index contributed by atoms with van der Waals surface area (Å²) in [6, 6.07) is 10.2. The molecule has 0 saturated carbocycles. The molecule has 132 valence electrons. The molecule has 5 heteroatoms. The molecule has 1 aliphatic heterocycles. The molecular formula is C19H28N2O3. The quantitative estimate of drug-likeness (QED) is 0.841. The van der Waals surface area contributed by atoms with Crippen molar-refractivity contribution in [2.24, 2.45) is 17.8 Å². The number of carbonyl (C=O) groups excluding carboxylic acids is 1. The van der Waals surface area contributed by atoms with Gasteiger partial charge in [-0.15, -0.1) is 0 Å². The molecule has 24 heavy (non-hydrogen) atoms. The summed E-state index contributed by atoms with van der Waals surface area (Å²) in [7, 11) is 0. The molecule has 2 amide bonds. The molecule has 0 spiro atoms. The van der Waals surface area contributed by atoms with Crippen molar-refractivity contribution >= 4 is 12.0 Å². The van der Waals surface area contributed by atoms with Crippen LogP contribution in [0.2, 0.25) is 0 Å². The summed E-state index contributed by atoms with van der Waals surface area (Å²) in [5.74, 6) is -0.429. The van der Waals surface area contributed by atoms with Gasteiger partial charge in [0.1, 0.15) is 0 Å². The lowest BCUT2D eigenvalue weighted by Crippen LogP contribution is -2.48. The Morgan fingerprint density at radius 1 is 1.29 bits per heavy atom. The Bertz CT molecular complexity index is 545. The lowest BCUT2D eigenvalue weighted by atomic mass is 9.89. The van der Waals surface area contributed by atoms with E-state index < -0.39 is 11.9 Å². The average Bonchev–Trinajstić information content (AvgIpc) is 2.59. The van der Waals surface area contributed by atoms with Crippen LogP contribution in [-0.2, 0) is 11.2 Å². The summed E-state index contributed by atoms with van der Waals surface area (Å²) in [6.45, 7) is 5.90. The van der Waals surface area contributed by atoms with E-state index in [4.69, 9.17) is 5.11 Å². The predicted octanol–water partition coefficient (Wildman–Crippen LogP) is 3.01. The van der Waals surface area contributed by atoms with Crippen molar-refractivity contribution in [3.05, 3.63) is 35.9 Å². The molecule has 2 unspecified atom stereocenters. The first-order chi connectivity index (χ1) is 11.5. The standard InChI is InChI=1S/C19H28N2O3/c1-14(2)17(11-15-7-4-3-5-8-15)12-20-19(24)21-10-6-9-16(13-21)18(22)23/h3-5,7-8,14,16-17H,6,9-13H2,1-2H3,(H,20,24)(H,22,23). The second kappa shape index (κ2) is 8.71. The molecule has 1 aliphatic rings. The molecular weight excluding hydrogens is 304 g/mol. The number of hydrogen-bond donors (Lipinski definition) is 2. The maximum Gasteiger partial charge on any atom is 0.317 e. The molecule has 2 N–H and O–H groups in total. The molecule has 1 aromatic carbocycles. The normalized spacial score (nSPS) is 19.1. The van der Waals surface area contributed by atoms with Crippen molar-refractivity contribution in [3.8, 4) is 0 Å². The van der Waals surface area contributed by atoms with Gasteiger partial charge in [-0.3, -0.25) is 4.79 Å². The van der Waals surface area contributed by atoms with Crippen molar-refractivity contribution in [2.45, 2.75) is 33.1 Å². The predicted molar refractivity (Wildman–Crippen MR) is 93.8 cm³/mol. The second-order valence-corrected chi connectivity index (χ2v) is 7.00. The van der Waals surface area contributed by atoms with Crippen molar-refractivity contribution in [1.29, 1.82) is 0 Å². The molecule has 0 aliphatic carbocycles. The number of amides is 2. The van der Waals surface area contributed by atoms with Gasteiger partial charge in [0, 0.05) is 19.6 Å². The fourth-order valence-corrected chi connectivity index (χ4v) is 3.15. The van der Waals surface area contributed by atoms with E-state index in [1.807, 2.05) is 18.2 Å². The molecule has 2 rings (SSSR count). The topological polar surface area (TPSA) is 69.6 Å². The third-order valence-electron chi connectivity index (χ3n) is 4.86. The zero-order chi connectivity index (χ0) is 17.5. The van der Waals surface area contributed by atoms with Crippen LogP contribution in [0.15, 0.2) is 30.3 Å². The van der Waals surface area contributed by atoms with Crippen LogP contribution in [-0.4, -0.2) is 41.6 Å². The van der Waals surface area contributed by atoms with E-state index in [0.29, 0.717) is 37.9 Å². The highest BCUT2D eigenvalue weighted by Crippen LogP contribution is 2.18. The average molecular weight is 332 g/mol. The Kier molecular flexibility index (Phi) is 6.64. The number of aliphatic carboxylic acids is 1. The summed E-state index contributed by atoms with van der Waals surface area (Å²) < 4.78 is 0. The van der Waals surface area contributed by atoms with Gasteiger partial charge in [-0.25, -0.2) is 4.79 Å². The number of carboxylic acid groups (broad SMARTS) is 1. The first-order valence-corrected chi connectivity index (χ1v) is 8.77. The third kappa shape index (κ3) is 5.25. The van der Waals surface area contributed by atoms with Gasteiger partial charge in [0.05, 0.1) is 5.92 Å². The largest absolute Gasteiger partial charge is 0.481 e. The fraction of sp³-hybridized carbons (Fsp3) is 0.579. The second-order valence-electron chi connectivity index (χ2n) is 7.00. The number of rotatable bonds is 6. The minimum Gasteiger partial charge on any atom is -0.481 e. The van der Waals surface area contributed by atoms with Crippen molar-refractivity contribution in [2.75, 3.05) is 19.6 Å². The number of piperidine rings is 1. The van der Waals surface area contributed by atoms with Gasteiger partial charge in [0.15, 0.2) is 0 Å². The maximum atomic E-state index is 12.4. The number of benzene rings is 1. The monoisotopic (exact) mass is 332 g/mol. The van der Waals surface area contributed by atoms with E-state index in [0.717, 1.165) is 12.8 Å². The summed E-state index contributed by atoms with van der Waals surface area (Å²) in [5.41, 5.74) is 1.27. The summed E-state index contributed by atoms with van der Waals surface area (Å²) in [5, 5.41) is 12.1. The minimum atomic E-state index is -0.809. The molecule has 1 heterocycles. The fourth-order valence-electron chi connectivity index (χ4n) is 3.15. The van der Waals surface area contributed by atoms with Crippen LogP contribution >= 0.6 is 0 Å². The number of nitrogens with zero attached hydrogens (tertiary/aromatic N) is 1. The van der Waals surface area contributed by atoms with Crippen LogP contribution in [0.1, 0.15) is 32.3 Å². The smallest absolute Gasteiger partial charge is 0.317 e. The highest BCUT2D eigenvalue weighted by Gasteiger charge is 2.28. The lowest BCUT2D eigenvalue weighted by molar-refractivity contribution is -0.143. The molecule has 5 nitrogen and oxygen atoms in total. The highest BCUT2D eigenvalue weighted by molar-refractivity contribution is 5.76. The Morgan fingerprint density at radius 2 is 2.00 bits per heavy atom. The van der Waals surface area contributed by atoms with E-state index in [9.17, 15) is 9.59 Å². The van der Waals surface area contributed by atoms with Crippen LogP contribution < -0.4 is 5.32 Å². The summed E-state index contributed by atoms with van der Waals surface area (Å²) in [6.07, 6.45) is 2.33. The van der Waals surface area contributed by atoms with Crippen LogP contribution in [0.25, 0.3) is 0 Å². The highest BCUT2D eigenvalue weighted by atomic mass is 16.4. The number of urea groups is 1.